The van der Waals surface area contributed by atoms with Gasteiger partial charge in [-0.25, -0.2) is 9.97 Å². The molecule has 11 aromatic rings. The third-order valence-corrected chi connectivity index (χ3v) is 13.8. The second-order valence-electron chi connectivity index (χ2n) is 15.9. The first-order chi connectivity index (χ1) is 29.3. The van der Waals surface area contributed by atoms with Gasteiger partial charge in [-0.3, -0.25) is 0 Å². The molecule has 0 fully saturated rings. The Morgan fingerprint density at radius 3 is 1.88 bits per heavy atom. The maximum Gasteiger partial charge on any atom is 0.160 e. The van der Waals surface area contributed by atoms with Crippen LogP contribution in [0.3, 0.4) is 0 Å². The quantitative estimate of drug-likeness (QED) is 0.205. The standard InChI is InChI=1S/C50H36B5N3OS/c51-43-41(44(52)46(54)47(55)45(43)53)27-11-10-12-28(25-27)48-49(57-36-18-7-6-17-35(36)56-48)34-23-24-37(50-42(34)33-16-4-8-19-38(33)59-50)58(29-13-2-1-3-14-29)30-21-22-32-31-15-5-9-20-39(31)60-40(32)26-30/h1-26H,51-55H2. The molecule has 0 radical (unpaired) electrons. The van der Waals surface area contributed by atoms with E-state index in [1.165, 1.54) is 58.6 Å². The summed E-state index contributed by atoms with van der Waals surface area (Å²) < 4.78 is 9.51. The summed E-state index contributed by atoms with van der Waals surface area (Å²) in [7, 11) is 11.2. The molecule has 0 aliphatic rings. The average molecular weight is 781 g/mol. The molecular weight excluding hydrogens is 745 g/mol. The normalized spacial score (nSPS) is 11.7. The van der Waals surface area contributed by atoms with Gasteiger partial charge in [0.15, 0.2) is 5.58 Å². The summed E-state index contributed by atoms with van der Waals surface area (Å²) in [6.45, 7) is 0. The van der Waals surface area contributed by atoms with Crippen LogP contribution >= 0.6 is 11.3 Å². The number of furan rings is 1. The van der Waals surface area contributed by atoms with Crippen molar-refractivity contribution in [1.29, 1.82) is 0 Å². The molecule has 0 amide bonds. The highest BCUT2D eigenvalue weighted by atomic mass is 32.1. The van der Waals surface area contributed by atoms with E-state index in [0.29, 0.717) is 0 Å². The third kappa shape index (κ3) is 5.73. The smallest absolute Gasteiger partial charge is 0.160 e. The highest BCUT2D eigenvalue weighted by molar-refractivity contribution is 7.25. The lowest BCUT2D eigenvalue weighted by Crippen LogP contribution is -2.55. The predicted octanol–water partition coefficient (Wildman–Crippen LogP) is 5.66. The van der Waals surface area contributed by atoms with Gasteiger partial charge in [-0.15, -0.1) is 27.7 Å². The minimum atomic E-state index is 0.792. The lowest BCUT2D eigenvalue weighted by Gasteiger charge is -2.26. The minimum absolute atomic E-state index is 0.792. The zero-order valence-electron chi connectivity index (χ0n) is 34.2. The van der Waals surface area contributed by atoms with Gasteiger partial charge in [-0.05, 0) is 77.9 Å². The lowest BCUT2D eigenvalue weighted by atomic mass is 9.59. The van der Waals surface area contributed by atoms with Crippen molar-refractivity contribution in [2.24, 2.45) is 0 Å². The van der Waals surface area contributed by atoms with Crippen molar-refractivity contribution in [2.45, 2.75) is 0 Å². The molecule has 0 unspecified atom stereocenters. The van der Waals surface area contributed by atoms with Crippen LogP contribution in [-0.4, -0.2) is 49.2 Å². The first kappa shape index (κ1) is 36.3. The van der Waals surface area contributed by atoms with Crippen molar-refractivity contribution in [1.82, 2.24) is 9.97 Å². The van der Waals surface area contributed by atoms with E-state index in [9.17, 15) is 0 Å². The molecule has 60 heavy (non-hydrogen) atoms. The molecular formula is C50H36B5N3OS. The van der Waals surface area contributed by atoms with E-state index in [1.807, 2.05) is 29.5 Å². The van der Waals surface area contributed by atoms with Crippen molar-refractivity contribution >= 4 is 148 Å². The number of benzene rings is 8. The highest BCUT2D eigenvalue weighted by Gasteiger charge is 2.25. The molecule has 0 saturated heterocycles. The predicted molar refractivity (Wildman–Crippen MR) is 272 cm³/mol. The topological polar surface area (TPSA) is 42.2 Å². The second kappa shape index (κ2) is 14.2. The first-order valence-corrected chi connectivity index (χ1v) is 21.3. The molecule has 0 spiro atoms. The number of fused-ring (bicyclic) bond motifs is 7. The number of thiophene rings is 1. The van der Waals surface area contributed by atoms with Crippen molar-refractivity contribution in [3.8, 4) is 33.6 Å². The van der Waals surface area contributed by atoms with Gasteiger partial charge in [-0.2, -0.15) is 0 Å². The van der Waals surface area contributed by atoms with Crippen LogP contribution in [0.1, 0.15) is 0 Å². The summed E-state index contributed by atoms with van der Waals surface area (Å²) in [5.74, 6) is 0. The Morgan fingerprint density at radius 1 is 0.467 bits per heavy atom. The van der Waals surface area contributed by atoms with Crippen molar-refractivity contribution < 1.29 is 4.42 Å². The summed E-state index contributed by atoms with van der Waals surface area (Å²) in [4.78, 5) is 13.2. The second-order valence-corrected chi connectivity index (χ2v) is 17.0. The van der Waals surface area contributed by atoms with E-state index in [0.717, 1.165) is 72.5 Å². The van der Waals surface area contributed by atoms with Gasteiger partial charge < -0.3 is 9.32 Å². The van der Waals surface area contributed by atoms with E-state index in [4.69, 9.17) is 14.4 Å². The number of aromatic nitrogens is 2. The van der Waals surface area contributed by atoms with Crippen molar-refractivity contribution in [2.75, 3.05) is 4.90 Å². The molecule has 0 N–H and O–H groups in total. The zero-order chi connectivity index (χ0) is 40.6. The summed E-state index contributed by atoms with van der Waals surface area (Å²) in [6, 6.07) is 55.8. The Balaban J connectivity index is 1.17. The first-order valence-electron chi connectivity index (χ1n) is 20.5. The van der Waals surface area contributed by atoms with Gasteiger partial charge in [0.2, 0.25) is 0 Å². The number of rotatable bonds is 6. The van der Waals surface area contributed by atoms with E-state index in [1.54, 1.807) is 0 Å². The van der Waals surface area contributed by atoms with Crippen LogP contribution in [0.5, 0.6) is 0 Å². The molecule has 4 nitrogen and oxygen atoms in total. The molecule has 0 aliphatic heterocycles. The maximum atomic E-state index is 6.99. The molecule has 0 aliphatic carbocycles. The monoisotopic (exact) mass is 781 g/mol. The SMILES string of the molecule is Bc1c(B)c(B)c(-c2cccc(-c3nc4ccccc4nc3-c3ccc(N(c4ccccc4)c4ccc5c(c4)sc4ccccc45)c4oc5ccccc5c34)c2)c(B)c1B. The molecule has 8 aromatic carbocycles. The summed E-state index contributed by atoms with van der Waals surface area (Å²) >= 11 is 1.83. The molecule has 3 aromatic heterocycles. The minimum Gasteiger partial charge on any atom is -0.454 e. The van der Waals surface area contributed by atoms with Gasteiger partial charge >= 0.3 is 0 Å². The fourth-order valence-electron chi connectivity index (χ4n) is 9.19. The van der Waals surface area contributed by atoms with Gasteiger partial charge in [0.05, 0.1) is 28.1 Å². The number of nitrogens with zero attached hydrogens (tertiary/aromatic N) is 3. The molecule has 0 atom stereocenters. The van der Waals surface area contributed by atoms with E-state index in [-0.39, 0.29) is 0 Å². The fourth-order valence-corrected chi connectivity index (χ4v) is 10.3. The maximum absolute atomic E-state index is 6.99. The van der Waals surface area contributed by atoms with Gasteiger partial charge in [0.1, 0.15) is 44.8 Å². The van der Waals surface area contributed by atoms with Crippen LogP contribution in [-0.2, 0) is 0 Å². The summed E-state index contributed by atoms with van der Waals surface area (Å²) in [6.07, 6.45) is 0. The highest BCUT2D eigenvalue weighted by Crippen LogP contribution is 2.48. The Kier molecular flexibility index (Phi) is 8.61. The molecule has 11 rings (SSSR count). The lowest BCUT2D eigenvalue weighted by molar-refractivity contribution is 0.669. The van der Waals surface area contributed by atoms with Gasteiger partial charge in [-0.1, -0.05) is 102 Å². The Labute approximate surface area is 357 Å². The molecule has 3 heterocycles. The third-order valence-electron chi connectivity index (χ3n) is 12.6. The average Bonchev–Trinajstić information content (AvgIpc) is 3.87. The van der Waals surface area contributed by atoms with E-state index in [2.05, 4.69) is 184 Å². The van der Waals surface area contributed by atoms with Crippen molar-refractivity contribution in [3.05, 3.63) is 158 Å². The summed E-state index contributed by atoms with van der Waals surface area (Å²) in [5, 5.41) is 4.59. The number of hydrogen-bond acceptors (Lipinski definition) is 5. The van der Waals surface area contributed by atoms with Crippen LogP contribution in [0.25, 0.3) is 86.8 Å². The Morgan fingerprint density at radius 2 is 1.10 bits per heavy atom. The number of para-hydroxylation sites is 4. The molecule has 10 heteroatoms. The van der Waals surface area contributed by atoms with Crippen LogP contribution in [0.4, 0.5) is 17.1 Å². The number of anilines is 3. The van der Waals surface area contributed by atoms with Gasteiger partial charge in [0.25, 0.3) is 0 Å². The molecule has 278 valence electrons. The van der Waals surface area contributed by atoms with Crippen LogP contribution in [0.2, 0.25) is 0 Å². The molecule has 0 bridgehead atoms. The van der Waals surface area contributed by atoms with E-state index < -0.39 is 0 Å². The Hall–Kier alpha value is -6.76. The summed E-state index contributed by atoms with van der Waals surface area (Å²) in [5.41, 5.74) is 19.1. The van der Waals surface area contributed by atoms with Crippen LogP contribution < -0.4 is 32.2 Å². The fraction of sp³-hybridized carbons (Fsp3) is 0. The molecule has 0 saturated carbocycles. The van der Waals surface area contributed by atoms with Crippen LogP contribution in [0.15, 0.2) is 162 Å². The zero-order valence-corrected chi connectivity index (χ0v) is 35.0. The van der Waals surface area contributed by atoms with Crippen molar-refractivity contribution in [3.63, 3.8) is 0 Å². The largest absolute Gasteiger partial charge is 0.454 e. The van der Waals surface area contributed by atoms with Gasteiger partial charge in [0, 0.05) is 53.4 Å². The number of hydrogen-bond donors (Lipinski definition) is 0. The Bertz CT molecular complexity index is 3500. The van der Waals surface area contributed by atoms with E-state index >= 15 is 0 Å². The van der Waals surface area contributed by atoms with Crippen LogP contribution in [0, 0.1) is 0 Å².